The van der Waals surface area contributed by atoms with Crippen molar-refractivity contribution in [3.05, 3.63) is 83.3 Å². The van der Waals surface area contributed by atoms with Crippen LogP contribution >= 0.6 is 11.8 Å². The van der Waals surface area contributed by atoms with Gasteiger partial charge in [0.1, 0.15) is 0 Å². The normalized spacial score (nSPS) is 16.9. The highest BCUT2D eigenvalue weighted by Crippen LogP contribution is 2.39. The molecule has 0 aliphatic carbocycles. The highest BCUT2D eigenvalue weighted by Gasteiger charge is 2.31. The van der Waals surface area contributed by atoms with Crippen LogP contribution in [0.1, 0.15) is 50.4 Å². The Bertz CT molecular complexity index is 1090. The summed E-state index contributed by atoms with van der Waals surface area (Å²) >= 11 is 1.91. The summed E-state index contributed by atoms with van der Waals surface area (Å²) in [5.74, 6) is 0.626. The van der Waals surface area contributed by atoms with E-state index >= 15 is 0 Å². The molecule has 2 aromatic heterocycles. The first-order valence-electron chi connectivity index (χ1n) is 11.0. The monoisotopic (exact) mass is 445 g/mol. The molecule has 0 saturated carbocycles. The lowest BCUT2D eigenvalue weighted by Crippen LogP contribution is -2.35. The molecule has 0 fully saturated rings. The van der Waals surface area contributed by atoms with Crippen molar-refractivity contribution in [3.63, 3.8) is 0 Å². The fraction of sp³-hybridized carbons (Fsp3) is 0.346. The Hall–Kier alpha value is -2.86. The highest BCUT2D eigenvalue weighted by atomic mass is 32.2. The zero-order valence-corrected chi connectivity index (χ0v) is 20.2. The molecule has 1 aromatic carbocycles. The van der Waals surface area contributed by atoms with Gasteiger partial charge in [-0.15, -0.1) is 11.8 Å². The Morgan fingerprint density at radius 2 is 1.88 bits per heavy atom. The van der Waals surface area contributed by atoms with Crippen LogP contribution in [0, 0.1) is 12.3 Å². The number of aromatic nitrogens is 3. The standard InChI is InChI=1S/C26H31N5S/c1-18-16-21(6-7-22(18)17-31-14-15-32-24(31)26(3,4)5)23-10-13-28-25(30-23)29-19(2)20-8-11-27-12-9-20/h6-16,19,24H,17H2,1-5H3,(H,28,29,30). The smallest absolute Gasteiger partial charge is 0.223 e. The van der Waals surface area contributed by atoms with Crippen LogP contribution in [0.4, 0.5) is 5.95 Å². The van der Waals surface area contributed by atoms with Crippen LogP contribution in [-0.2, 0) is 6.54 Å². The summed E-state index contributed by atoms with van der Waals surface area (Å²) in [7, 11) is 0. The van der Waals surface area contributed by atoms with E-state index in [9.17, 15) is 0 Å². The third-order valence-corrected chi connectivity index (χ3v) is 7.21. The summed E-state index contributed by atoms with van der Waals surface area (Å²) in [5.41, 5.74) is 6.01. The molecule has 32 heavy (non-hydrogen) atoms. The fourth-order valence-electron chi connectivity index (χ4n) is 3.93. The lowest BCUT2D eigenvalue weighted by Gasteiger charge is -2.35. The second-order valence-corrected chi connectivity index (χ2v) is 10.4. The van der Waals surface area contributed by atoms with Crippen LogP contribution in [0.3, 0.4) is 0 Å². The van der Waals surface area contributed by atoms with E-state index in [-0.39, 0.29) is 11.5 Å². The van der Waals surface area contributed by atoms with Crippen molar-refractivity contribution in [2.75, 3.05) is 5.32 Å². The molecule has 1 aliphatic heterocycles. The average molecular weight is 446 g/mol. The Labute approximate surface area is 195 Å². The number of anilines is 1. The van der Waals surface area contributed by atoms with Gasteiger partial charge >= 0.3 is 0 Å². The fourth-order valence-corrected chi connectivity index (χ4v) is 5.01. The number of hydrogen-bond donors (Lipinski definition) is 1. The third-order valence-electron chi connectivity index (χ3n) is 5.70. The molecule has 0 bridgehead atoms. The van der Waals surface area contributed by atoms with Crippen molar-refractivity contribution in [1.29, 1.82) is 0 Å². The molecule has 0 amide bonds. The van der Waals surface area contributed by atoms with Gasteiger partial charge in [-0.3, -0.25) is 4.98 Å². The summed E-state index contributed by atoms with van der Waals surface area (Å²) in [4.78, 5) is 15.7. The van der Waals surface area contributed by atoms with Crippen molar-refractivity contribution < 1.29 is 0 Å². The molecule has 166 valence electrons. The predicted molar refractivity (Wildman–Crippen MR) is 134 cm³/mol. The van der Waals surface area contributed by atoms with Crippen LogP contribution in [0.25, 0.3) is 11.3 Å². The van der Waals surface area contributed by atoms with Crippen molar-refractivity contribution in [3.8, 4) is 11.3 Å². The summed E-state index contributed by atoms with van der Waals surface area (Å²) in [6.07, 6.45) is 7.64. The van der Waals surface area contributed by atoms with Crippen LogP contribution < -0.4 is 5.32 Å². The number of rotatable bonds is 6. The number of aryl methyl sites for hydroxylation is 1. The maximum absolute atomic E-state index is 4.76. The molecule has 1 aliphatic rings. The van der Waals surface area contributed by atoms with Crippen molar-refractivity contribution in [2.45, 2.75) is 52.6 Å². The molecular weight excluding hydrogens is 414 g/mol. The number of benzene rings is 1. The Morgan fingerprint density at radius 1 is 1.09 bits per heavy atom. The number of pyridine rings is 1. The first-order valence-corrected chi connectivity index (χ1v) is 11.9. The molecular formula is C26H31N5S. The van der Waals surface area contributed by atoms with Crippen LogP contribution in [0.5, 0.6) is 0 Å². The topological polar surface area (TPSA) is 53.9 Å². The van der Waals surface area contributed by atoms with E-state index in [2.05, 4.69) is 84.6 Å². The minimum atomic E-state index is 0.0968. The molecule has 0 saturated heterocycles. The van der Waals surface area contributed by atoms with E-state index < -0.39 is 0 Å². The van der Waals surface area contributed by atoms with Crippen molar-refractivity contribution in [2.24, 2.45) is 5.41 Å². The molecule has 6 heteroatoms. The highest BCUT2D eigenvalue weighted by molar-refractivity contribution is 8.02. The Morgan fingerprint density at radius 3 is 2.59 bits per heavy atom. The maximum Gasteiger partial charge on any atom is 0.223 e. The number of hydrogen-bond acceptors (Lipinski definition) is 6. The molecule has 3 aromatic rings. The molecule has 2 atom stereocenters. The Kier molecular flexibility index (Phi) is 6.51. The minimum absolute atomic E-state index is 0.0968. The van der Waals surface area contributed by atoms with Gasteiger partial charge in [0.05, 0.1) is 17.1 Å². The molecule has 3 heterocycles. The quantitative estimate of drug-likeness (QED) is 0.473. The van der Waals surface area contributed by atoms with Gasteiger partial charge in [0.25, 0.3) is 0 Å². The van der Waals surface area contributed by atoms with Crippen molar-refractivity contribution >= 4 is 17.7 Å². The van der Waals surface area contributed by atoms with Gasteiger partial charge in [0, 0.05) is 36.9 Å². The zero-order chi connectivity index (χ0) is 22.7. The summed E-state index contributed by atoms with van der Waals surface area (Å²) in [6.45, 7) is 12.1. The first kappa shape index (κ1) is 22.3. The third kappa shape index (κ3) is 5.13. The van der Waals surface area contributed by atoms with E-state index in [1.54, 1.807) is 12.4 Å². The van der Waals surface area contributed by atoms with E-state index in [1.807, 2.05) is 36.2 Å². The van der Waals surface area contributed by atoms with E-state index in [0.717, 1.165) is 23.4 Å². The van der Waals surface area contributed by atoms with E-state index in [4.69, 9.17) is 4.98 Å². The van der Waals surface area contributed by atoms with Gasteiger partial charge in [-0.05, 0) is 65.6 Å². The van der Waals surface area contributed by atoms with Gasteiger partial charge in [0.15, 0.2) is 0 Å². The molecule has 5 nitrogen and oxygen atoms in total. The SMILES string of the molecule is Cc1cc(-c2ccnc(NC(C)c3ccncc3)n2)ccc1CN1C=CSC1C(C)(C)C. The van der Waals surface area contributed by atoms with Crippen LogP contribution in [0.2, 0.25) is 0 Å². The molecule has 0 spiro atoms. The van der Waals surface area contributed by atoms with Gasteiger partial charge in [0.2, 0.25) is 5.95 Å². The first-order chi connectivity index (χ1) is 15.3. The molecule has 4 rings (SSSR count). The van der Waals surface area contributed by atoms with Gasteiger partial charge < -0.3 is 10.2 Å². The molecule has 0 radical (unpaired) electrons. The van der Waals surface area contributed by atoms with Crippen LogP contribution in [0.15, 0.2) is 66.6 Å². The number of nitrogens with zero attached hydrogens (tertiary/aromatic N) is 4. The Balaban J connectivity index is 1.49. The minimum Gasteiger partial charge on any atom is -0.360 e. The summed E-state index contributed by atoms with van der Waals surface area (Å²) in [6, 6.07) is 12.7. The lowest BCUT2D eigenvalue weighted by atomic mass is 9.95. The van der Waals surface area contributed by atoms with Crippen molar-refractivity contribution in [1.82, 2.24) is 19.9 Å². The second kappa shape index (κ2) is 9.33. The molecule has 2 unspecified atom stereocenters. The maximum atomic E-state index is 4.76. The average Bonchev–Trinajstić information content (AvgIpc) is 3.25. The predicted octanol–water partition coefficient (Wildman–Crippen LogP) is 6.41. The largest absolute Gasteiger partial charge is 0.360 e. The van der Waals surface area contributed by atoms with Gasteiger partial charge in [-0.2, -0.15) is 0 Å². The van der Waals surface area contributed by atoms with Gasteiger partial charge in [-0.25, -0.2) is 9.97 Å². The second-order valence-electron chi connectivity index (χ2n) is 9.37. The summed E-state index contributed by atoms with van der Waals surface area (Å²) < 4.78 is 0. The van der Waals surface area contributed by atoms with Gasteiger partial charge in [-0.1, -0.05) is 32.9 Å². The molecule has 1 N–H and O–H groups in total. The summed E-state index contributed by atoms with van der Waals surface area (Å²) in [5, 5.41) is 6.06. The zero-order valence-electron chi connectivity index (χ0n) is 19.4. The lowest BCUT2D eigenvalue weighted by molar-refractivity contribution is 0.220. The van der Waals surface area contributed by atoms with E-state index in [1.165, 1.54) is 11.1 Å². The number of nitrogens with one attached hydrogen (secondary N) is 1. The van der Waals surface area contributed by atoms with E-state index in [0.29, 0.717) is 11.3 Å². The number of thioether (sulfide) groups is 1. The van der Waals surface area contributed by atoms with Crippen LogP contribution in [-0.4, -0.2) is 25.2 Å².